The van der Waals surface area contributed by atoms with Crippen LogP contribution in [0.25, 0.3) is 10.9 Å². The molecule has 0 spiro atoms. The van der Waals surface area contributed by atoms with E-state index < -0.39 is 18.1 Å². The highest BCUT2D eigenvalue weighted by Crippen LogP contribution is 2.45. The smallest absolute Gasteiger partial charge is 0.332 e. The van der Waals surface area contributed by atoms with Crippen LogP contribution >= 0.6 is 0 Å². The highest BCUT2D eigenvalue weighted by Gasteiger charge is 2.53. The Balaban J connectivity index is 1.27. The molecule has 3 heterocycles. The number of carbonyl (C=O) groups is 3. The van der Waals surface area contributed by atoms with Crippen LogP contribution in [0.1, 0.15) is 64.1 Å². The van der Waals surface area contributed by atoms with Crippen molar-refractivity contribution >= 4 is 34.4 Å². The quantitative estimate of drug-likeness (QED) is 0.204. The van der Waals surface area contributed by atoms with Crippen molar-refractivity contribution in [3.63, 3.8) is 0 Å². The van der Waals surface area contributed by atoms with Crippen molar-refractivity contribution in [2.75, 3.05) is 12.0 Å². The number of imide groups is 1. The predicted molar refractivity (Wildman–Crippen MR) is 173 cm³/mol. The number of anilines is 1. The number of amides is 4. The van der Waals surface area contributed by atoms with Gasteiger partial charge in [-0.1, -0.05) is 86.6 Å². The lowest BCUT2D eigenvalue weighted by atomic mass is 9.88. The summed E-state index contributed by atoms with van der Waals surface area (Å²) < 4.78 is 5.43. The van der Waals surface area contributed by atoms with Gasteiger partial charge in [0, 0.05) is 35.1 Å². The van der Waals surface area contributed by atoms with Gasteiger partial charge in [-0.05, 0) is 46.9 Å². The number of para-hydroxylation sites is 3. The first-order chi connectivity index (χ1) is 21.9. The van der Waals surface area contributed by atoms with Crippen molar-refractivity contribution in [1.82, 2.24) is 15.2 Å². The normalized spacial score (nSPS) is 17.5. The van der Waals surface area contributed by atoms with Gasteiger partial charge in [0.25, 0.3) is 11.8 Å². The summed E-state index contributed by atoms with van der Waals surface area (Å²) in [5, 5.41) is 3.99. The minimum Gasteiger partial charge on any atom is -0.496 e. The largest absolute Gasteiger partial charge is 0.496 e. The maximum atomic E-state index is 14.4. The van der Waals surface area contributed by atoms with Crippen molar-refractivity contribution < 1.29 is 19.1 Å². The zero-order chi connectivity index (χ0) is 31.2. The zero-order valence-corrected chi connectivity index (χ0v) is 25.4. The summed E-state index contributed by atoms with van der Waals surface area (Å²) in [6, 6.07) is 28.9. The lowest BCUT2D eigenvalue weighted by Crippen LogP contribution is -2.44. The number of benzene rings is 4. The second-order valence-electron chi connectivity index (χ2n) is 11.9. The average molecular weight is 599 g/mol. The average Bonchev–Trinajstić information content (AvgIpc) is 3.56. The number of H-pyrrole nitrogens is 1. The molecular formula is C37H34N4O4. The number of nitrogens with one attached hydrogen (secondary N) is 2. The van der Waals surface area contributed by atoms with Gasteiger partial charge in [-0.25, -0.2) is 9.69 Å². The Kier molecular flexibility index (Phi) is 7.12. The van der Waals surface area contributed by atoms with Crippen molar-refractivity contribution in [1.29, 1.82) is 0 Å². The first-order valence-corrected chi connectivity index (χ1v) is 15.2. The van der Waals surface area contributed by atoms with Gasteiger partial charge in [-0.2, -0.15) is 0 Å². The Morgan fingerprint density at radius 1 is 0.933 bits per heavy atom. The van der Waals surface area contributed by atoms with Crippen molar-refractivity contribution in [2.45, 2.75) is 44.8 Å². The fourth-order valence-corrected chi connectivity index (χ4v) is 6.69. The highest BCUT2D eigenvalue weighted by atomic mass is 16.5. The number of nitrogens with zero attached hydrogens (tertiary/aromatic N) is 2. The van der Waals surface area contributed by atoms with Crippen molar-refractivity contribution in [3.8, 4) is 5.75 Å². The molecule has 1 aromatic heterocycles. The maximum absolute atomic E-state index is 14.4. The molecule has 4 amide bonds. The van der Waals surface area contributed by atoms with Crippen LogP contribution in [0.4, 0.5) is 10.5 Å². The fourth-order valence-electron chi connectivity index (χ4n) is 6.69. The number of methoxy groups -OCH3 is 1. The molecule has 0 unspecified atom stereocenters. The van der Waals surface area contributed by atoms with E-state index in [1.807, 2.05) is 42.5 Å². The summed E-state index contributed by atoms with van der Waals surface area (Å²) in [6.07, 6.45) is 0.378. The molecule has 2 N–H and O–H groups in total. The van der Waals surface area contributed by atoms with Gasteiger partial charge in [-0.3, -0.25) is 14.5 Å². The standard InChI is InChI=1S/C37H34N4O4/c1-22(2)23-16-18-24(19-17-23)34-33-28(26-11-5-7-13-29(26)39-33)20-31-36(43)41(37(44)40(31)34)30-14-8-6-12-27(30)35(42)38-21-25-10-4-9-15-32(25)45-3/h4-19,22,31,34,39H,20-21H2,1-3H3,(H,38,42)/t31-,34-/m0/s1. The second kappa shape index (κ2) is 11.3. The third-order valence-corrected chi connectivity index (χ3v) is 8.99. The monoisotopic (exact) mass is 598 g/mol. The van der Waals surface area contributed by atoms with Crippen LogP contribution in [0.2, 0.25) is 0 Å². The third kappa shape index (κ3) is 4.73. The summed E-state index contributed by atoms with van der Waals surface area (Å²) in [5.41, 5.74) is 6.37. The molecule has 1 fully saturated rings. The number of rotatable bonds is 7. The van der Waals surface area contributed by atoms with E-state index in [-0.39, 0.29) is 29.6 Å². The third-order valence-electron chi connectivity index (χ3n) is 8.99. The van der Waals surface area contributed by atoms with E-state index in [4.69, 9.17) is 4.74 Å². The minimum atomic E-state index is -0.719. The van der Waals surface area contributed by atoms with Crippen LogP contribution in [0.15, 0.2) is 97.1 Å². The Morgan fingerprint density at radius 3 is 2.42 bits per heavy atom. The number of urea groups is 1. The van der Waals surface area contributed by atoms with Gasteiger partial charge < -0.3 is 15.0 Å². The lowest BCUT2D eigenvalue weighted by molar-refractivity contribution is -0.120. The first-order valence-electron chi connectivity index (χ1n) is 15.2. The SMILES string of the molecule is COc1ccccc1CNC(=O)c1ccccc1N1C(=O)[C@@H]2Cc3c([nH]c4ccccc34)[C@H](c3ccc(C(C)C)cc3)N2C1=O. The molecule has 4 aromatic carbocycles. The van der Waals surface area contributed by atoms with E-state index in [9.17, 15) is 14.4 Å². The molecule has 0 radical (unpaired) electrons. The van der Waals surface area contributed by atoms with Crippen LogP contribution in [-0.2, 0) is 17.8 Å². The highest BCUT2D eigenvalue weighted by molar-refractivity contribution is 6.24. The van der Waals surface area contributed by atoms with Gasteiger partial charge >= 0.3 is 6.03 Å². The van der Waals surface area contributed by atoms with Gasteiger partial charge in [0.15, 0.2) is 0 Å². The Morgan fingerprint density at radius 2 is 1.64 bits per heavy atom. The molecule has 45 heavy (non-hydrogen) atoms. The van der Waals surface area contributed by atoms with E-state index in [0.717, 1.165) is 33.3 Å². The van der Waals surface area contributed by atoms with Gasteiger partial charge in [-0.15, -0.1) is 0 Å². The molecular weight excluding hydrogens is 564 g/mol. The lowest BCUT2D eigenvalue weighted by Gasteiger charge is -2.36. The zero-order valence-electron chi connectivity index (χ0n) is 25.4. The summed E-state index contributed by atoms with van der Waals surface area (Å²) in [7, 11) is 1.58. The maximum Gasteiger partial charge on any atom is 0.332 e. The van der Waals surface area contributed by atoms with E-state index in [0.29, 0.717) is 18.1 Å². The molecule has 8 nitrogen and oxygen atoms in total. The van der Waals surface area contributed by atoms with Crippen molar-refractivity contribution in [2.24, 2.45) is 0 Å². The van der Waals surface area contributed by atoms with Crippen LogP contribution in [-0.4, -0.2) is 40.9 Å². The fraction of sp³-hybridized carbons (Fsp3) is 0.216. The minimum absolute atomic E-state index is 0.226. The number of ether oxygens (including phenoxy) is 1. The second-order valence-corrected chi connectivity index (χ2v) is 11.9. The molecule has 2 aliphatic rings. The Hall–Kier alpha value is -5.37. The summed E-state index contributed by atoms with van der Waals surface area (Å²) >= 11 is 0. The number of hydrogen-bond donors (Lipinski definition) is 2. The van der Waals surface area contributed by atoms with E-state index in [1.54, 1.807) is 36.3 Å². The molecule has 0 aliphatic carbocycles. The topological polar surface area (TPSA) is 94.7 Å². The van der Waals surface area contributed by atoms with E-state index in [2.05, 4.69) is 54.5 Å². The summed E-state index contributed by atoms with van der Waals surface area (Å²) in [4.78, 5) is 48.7. The molecule has 2 atom stereocenters. The molecule has 8 heteroatoms. The Labute approximate surface area is 261 Å². The van der Waals surface area contributed by atoms with Gasteiger partial charge in [0.05, 0.1) is 18.4 Å². The van der Waals surface area contributed by atoms with E-state index in [1.165, 1.54) is 10.5 Å². The number of fused-ring (bicyclic) bond motifs is 4. The summed E-state index contributed by atoms with van der Waals surface area (Å²) in [5.74, 6) is 0.290. The van der Waals surface area contributed by atoms with Crippen LogP contribution in [0.3, 0.4) is 0 Å². The number of aromatic nitrogens is 1. The Bertz CT molecular complexity index is 1940. The van der Waals surface area contributed by atoms with Crippen LogP contribution < -0.4 is 15.0 Å². The molecule has 7 rings (SSSR count). The van der Waals surface area contributed by atoms with Gasteiger partial charge in [0.2, 0.25) is 0 Å². The summed E-state index contributed by atoms with van der Waals surface area (Å²) in [6.45, 7) is 4.52. The first kappa shape index (κ1) is 28.4. The van der Waals surface area contributed by atoms with Gasteiger partial charge in [0.1, 0.15) is 17.8 Å². The molecule has 1 saturated heterocycles. The predicted octanol–water partition coefficient (Wildman–Crippen LogP) is 6.71. The number of aromatic amines is 1. The molecule has 2 aliphatic heterocycles. The number of hydrogen-bond acceptors (Lipinski definition) is 4. The molecule has 226 valence electrons. The van der Waals surface area contributed by atoms with E-state index >= 15 is 0 Å². The van der Waals surface area contributed by atoms with Crippen LogP contribution in [0, 0.1) is 0 Å². The number of carbonyl (C=O) groups excluding carboxylic acids is 3. The molecule has 5 aromatic rings. The van der Waals surface area contributed by atoms with Crippen LogP contribution in [0.5, 0.6) is 5.75 Å². The molecule has 0 bridgehead atoms. The van der Waals surface area contributed by atoms with Crippen molar-refractivity contribution in [3.05, 3.63) is 131 Å². The molecule has 0 saturated carbocycles.